The highest BCUT2D eigenvalue weighted by molar-refractivity contribution is 8.14. The first-order valence-corrected chi connectivity index (χ1v) is 26.4. The van der Waals surface area contributed by atoms with E-state index in [0.29, 0.717) is 130 Å². The van der Waals surface area contributed by atoms with Crippen molar-refractivity contribution in [2.75, 3.05) is 134 Å². The second-order valence-electron chi connectivity index (χ2n) is 18.6. The Morgan fingerprint density at radius 2 is 1.45 bits per heavy atom. The van der Waals surface area contributed by atoms with Gasteiger partial charge in [0.05, 0.1) is 96.1 Å². The summed E-state index contributed by atoms with van der Waals surface area (Å²) in [4.78, 5) is 76.5. The minimum absolute atomic E-state index is 0.000163. The van der Waals surface area contributed by atoms with E-state index in [1.54, 1.807) is 34.3 Å². The van der Waals surface area contributed by atoms with Crippen molar-refractivity contribution in [3.63, 3.8) is 0 Å². The summed E-state index contributed by atoms with van der Waals surface area (Å²) in [5.41, 5.74) is 4.53. The summed E-state index contributed by atoms with van der Waals surface area (Å²) >= 11 is 1.59. The van der Waals surface area contributed by atoms with Gasteiger partial charge in [0.2, 0.25) is 11.9 Å². The fraction of sp³-hybridized carbons (Fsp3) is 0.577. The molecule has 2 aliphatic heterocycles. The Balaban J connectivity index is 0.668. The van der Waals surface area contributed by atoms with Crippen LogP contribution in [-0.2, 0) is 28.5 Å². The van der Waals surface area contributed by atoms with Gasteiger partial charge in [-0.3, -0.25) is 38.5 Å². The van der Waals surface area contributed by atoms with Crippen molar-refractivity contribution >= 4 is 68.7 Å². The molecule has 3 aliphatic rings. The van der Waals surface area contributed by atoms with Gasteiger partial charge in [-0.05, 0) is 82.0 Å². The zero-order chi connectivity index (χ0) is 51.7. The van der Waals surface area contributed by atoms with E-state index in [-0.39, 0.29) is 40.8 Å². The van der Waals surface area contributed by atoms with E-state index in [1.807, 2.05) is 57.4 Å². The molecule has 2 unspecified atom stereocenters. The third kappa shape index (κ3) is 15.5. The number of carbonyl (C=O) groups excluding carboxylic acids is 3. The predicted octanol–water partition coefficient (Wildman–Crippen LogP) is 4.93. The molecule has 3 aromatic heterocycles. The molecule has 21 heteroatoms. The van der Waals surface area contributed by atoms with Crippen LogP contribution in [0, 0.1) is 13.8 Å². The molecule has 396 valence electrons. The lowest BCUT2D eigenvalue weighted by Gasteiger charge is -2.35. The van der Waals surface area contributed by atoms with E-state index in [9.17, 15) is 19.2 Å². The quantitative estimate of drug-likeness (QED) is 0.0533. The highest BCUT2D eigenvalue weighted by Crippen LogP contribution is 2.33. The maximum absolute atomic E-state index is 13.7. The summed E-state index contributed by atoms with van der Waals surface area (Å²) in [6, 6.07) is 9.84. The third-order valence-electron chi connectivity index (χ3n) is 13.3. The molecule has 1 saturated carbocycles. The highest BCUT2D eigenvalue weighted by Gasteiger charge is 2.28. The standard InChI is InChI=1S/C52H73N11O9S/c1-35-31-40(11-13-43(35)49(66)59-52-57-37(3)39(5)73-52)53-15-21-68-23-25-70-27-29-72-30-28-71-26-24-69-22-16-54-46(65)34-61-17-19-62(20-18-61)42-12-14-45(55-32-42)60(6)51-56-33-44-36(2)47(38(4)64)50(67)63(48(44)58-51)41-9-7-8-10-41/h11-14,31-33,37,39,41,53H,7-10,15-30,34H2,1-6H3,(H,54,65)(H,57,59,66). The molecule has 1 saturated heterocycles. The molecular weight excluding hydrogens is 955 g/mol. The van der Waals surface area contributed by atoms with E-state index in [0.717, 1.165) is 68.8 Å². The lowest BCUT2D eigenvalue weighted by Crippen LogP contribution is -2.49. The number of carbonyl (C=O) groups is 3. The van der Waals surface area contributed by atoms with Crippen LogP contribution < -0.4 is 31.3 Å². The molecule has 73 heavy (non-hydrogen) atoms. The summed E-state index contributed by atoms with van der Waals surface area (Å²) in [6.45, 7) is 18.2. The molecule has 20 nitrogen and oxygen atoms in total. The van der Waals surface area contributed by atoms with Gasteiger partial charge in [-0.25, -0.2) is 9.97 Å². The Kier molecular flexibility index (Phi) is 20.9. The number of anilines is 4. The van der Waals surface area contributed by atoms with Crippen molar-refractivity contribution in [1.29, 1.82) is 0 Å². The monoisotopic (exact) mass is 1030 g/mol. The number of ether oxygens (including phenoxy) is 5. The maximum atomic E-state index is 13.7. The van der Waals surface area contributed by atoms with Gasteiger partial charge in [0, 0.05) is 80.4 Å². The lowest BCUT2D eigenvalue weighted by atomic mass is 10.0. The SMILES string of the molecule is CC(=O)c1c(C)c2cnc(N(C)c3ccc(N4CCN(CC(=O)NCCOCCOCCOCCOCCOCCNc5ccc(C(=O)NC6=NC(C)C(C)S6)c(C)c5)CC4)cn3)nc2n(C2CCCC2)c1=O. The van der Waals surface area contributed by atoms with Crippen molar-refractivity contribution in [1.82, 2.24) is 35.1 Å². The largest absolute Gasteiger partial charge is 0.383 e. The van der Waals surface area contributed by atoms with Gasteiger partial charge in [-0.2, -0.15) is 4.98 Å². The van der Waals surface area contributed by atoms with Crippen LogP contribution in [0.25, 0.3) is 11.0 Å². The summed E-state index contributed by atoms with van der Waals surface area (Å²) in [6.07, 6.45) is 7.37. The van der Waals surface area contributed by atoms with Crippen molar-refractivity contribution in [2.45, 2.75) is 77.6 Å². The molecule has 7 rings (SSSR count). The van der Waals surface area contributed by atoms with Crippen molar-refractivity contribution in [2.24, 2.45) is 4.99 Å². The molecule has 1 aliphatic carbocycles. The van der Waals surface area contributed by atoms with Crippen LogP contribution in [0.3, 0.4) is 0 Å². The van der Waals surface area contributed by atoms with Gasteiger partial charge in [-0.1, -0.05) is 31.5 Å². The Hall–Kier alpha value is -5.55. The second kappa shape index (κ2) is 27.7. The average molecular weight is 1030 g/mol. The smallest absolute Gasteiger partial charge is 0.263 e. The van der Waals surface area contributed by atoms with E-state index >= 15 is 0 Å². The number of aromatic nitrogens is 4. The fourth-order valence-electron chi connectivity index (χ4n) is 9.05. The number of aliphatic imine (C=N–C) groups is 1. The normalized spacial score (nSPS) is 17.3. The van der Waals surface area contributed by atoms with Crippen LogP contribution >= 0.6 is 11.8 Å². The van der Waals surface area contributed by atoms with Gasteiger partial charge in [0.1, 0.15) is 11.5 Å². The molecule has 1 aromatic carbocycles. The number of hydrogen-bond acceptors (Lipinski definition) is 18. The molecule has 2 amide bonds. The Bertz CT molecular complexity index is 2570. The van der Waals surface area contributed by atoms with E-state index in [1.165, 1.54) is 6.92 Å². The summed E-state index contributed by atoms with van der Waals surface area (Å²) < 4.78 is 29.8. The number of thioether (sulfide) groups is 1. The molecule has 0 radical (unpaired) electrons. The molecule has 3 N–H and O–H groups in total. The van der Waals surface area contributed by atoms with E-state index in [2.05, 4.69) is 42.7 Å². The molecule has 5 heterocycles. The number of piperazine rings is 1. The van der Waals surface area contributed by atoms with Crippen LogP contribution in [0.4, 0.5) is 23.1 Å². The molecule has 2 fully saturated rings. The Labute approximate surface area is 432 Å². The third-order valence-corrected chi connectivity index (χ3v) is 14.5. The van der Waals surface area contributed by atoms with E-state index < -0.39 is 0 Å². The number of hydrogen-bond donors (Lipinski definition) is 3. The van der Waals surface area contributed by atoms with Gasteiger partial charge in [0.25, 0.3) is 11.5 Å². The number of pyridine rings is 2. The average Bonchev–Trinajstić information content (AvgIpc) is 4.02. The van der Waals surface area contributed by atoms with Crippen molar-refractivity contribution in [3.05, 3.63) is 75.3 Å². The van der Waals surface area contributed by atoms with Crippen molar-refractivity contribution < 1.29 is 38.1 Å². The molecule has 0 bridgehead atoms. The number of benzene rings is 1. The van der Waals surface area contributed by atoms with Crippen LogP contribution in [-0.4, -0.2) is 177 Å². The van der Waals surface area contributed by atoms with Crippen LogP contribution in [0.1, 0.15) is 84.3 Å². The zero-order valence-electron chi connectivity index (χ0n) is 43.3. The molecule has 2 atom stereocenters. The minimum Gasteiger partial charge on any atom is -0.383 e. The summed E-state index contributed by atoms with van der Waals surface area (Å²) in [5.74, 6) is 0.647. The van der Waals surface area contributed by atoms with Crippen LogP contribution in [0.2, 0.25) is 0 Å². The number of amides is 2. The lowest BCUT2D eigenvalue weighted by molar-refractivity contribution is -0.122. The Morgan fingerprint density at radius 3 is 2.04 bits per heavy atom. The van der Waals surface area contributed by atoms with Crippen molar-refractivity contribution in [3.8, 4) is 0 Å². The molecule has 0 spiro atoms. The van der Waals surface area contributed by atoms with Gasteiger partial charge >= 0.3 is 0 Å². The number of Topliss-reactive ketones (excluding diaryl/α,β-unsaturated/α-hetero) is 1. The number of nitrogens with one attached hydrogen (secondary N) is 3. The van der Waals surface area contributed by atoms with E-state index in [4.69, 9.17) is 33.7 Å². The number of fused-ring (bicyclic) bond motifs is 1. The van der Waals surface area contributed by atoms with Gasteiger partial charge in [0.15, 0.2) is 11.0 Å². The molecular formula is C52H73N11O9S. The van der Waals surface area contributed by atoms with Gasteiger partial charge < -0.3 is 44.5 Å². The zero-order valence-corrected chi connectivity index (χ0v) is 44.1. The highest BCUT2D eigenvalue weighted by atomic mass is 32.2. The number of nitrogens with zero attached hydrogens (tertiary/aromatic N) is 8. The summed E-state index contributed by atoms with van der Waals surface area (Å²) in [7, 11) is 1.85. The fourth-order valence-corrected chi connectivity index (χ4v) is 10.0. The predicted molar refractivity (Wildman–Crippen MR) is 285 cm³/mol. The number of ketones is 1. The first-order valence-electron chi connectivity index (χ1n) is 25.5. The first-order chi connectivity index (χ1) is 35.4. The van der Waals surface area contributed by atoms with Crippen LogP contribution in [0.15, 0.2) is 52.5 Å². The minimum atomic E-state index is -0.276. The van der Waals surface area contributed by atoms with Crippen LogP contribution in [0.5, 0.6) is 0 Å². The van der Waals surface area contributed by atoms with Gasteiger partial charge in [-0.15, -0.1) is 0 Å². The topological polar surface area (TPSA) is 216 Å². The first kappa shape index (κ1) is 55.2. The maximum Gasteiger partial charge on any atom is 0.263 e. The molecule has 4 aromatic rings. The number of aryl methyl sites for hydroxylation is 2. The Morgan fingerprint density at radius 1 is 0.808 bits per heavy atom. The number of rotatable bonds is 27. The summed E-state index contributed by atoms with van der Waals surface area (Å²) in [5, 5.41) is 11.0. The second-order valence-corrected chi connectivity index (χ2v) is 20.0. The number of amidine groups is 1.